The second-order valence-corrected chi connectivity index (χ2v) is 3.73. The second-order valence-electron chi connectivity index (χ2n) is 3.73. The van der Waals surface area contributed by atoms with Gasteiger partial charge in [0.1, 0.15) is 0 Å². The van der Waals surface area contributed by atoms with Gasteiger partial charge in [-0.15, -0.1) is 0 Å². The SMILES string of the molecule is CC(C)N(C(C)C)C(C)C.[B]. The lowest BCUT2D eigenvalue weighted by Crippen LogP contribution is -2.42. The minimum Gasteiger partial charge on any atom is -0.296 e. The van der Waals surface area contributed by atoms with E-state index in [0.29, 0.717) is 18.1 Å². The van der Waals surface area contributed by atoms with Crippen molar-refractivity contribution >= 4 is 8.41 Å². The van der Waals surface area contributed by atoms with Crippen molar-refractivity contribution < 1.29 is 0 Å². The predicted octanol–water partition coefficient (Wildman–Crippen LogP) is 2.13. The summed E-state index contributed by atoms with van der Waals surface area (Å²) in [5.74, 6) is 0. The lowest BCUT2D eigenvalue weighted by Gasteiger charge is -2.34. The van der Waals surface area contributed by atoms with Gasteiger partial charge in [-0.2, -0.15) is 0 Å². The summed E-state index contributed by atoms with van der Waals surface area (Å²) in [6, 6.07) is 2.00. The van der Waals surface area contributed by atoms with Crippen LogP contribution in [0.3, 0.4) is 0 Å². The molecule has 0 spiro atoms. The Labute approximate surface area is 73.7 Å². The van der Waals surface area contributed by atoms with Crippen LogP contribution in [-0.2, 0) is 0 Å². The van der Waals surface area contributed by atoms with Crippen LogP contribution in [-0.4, -0.2) is 31.4 Å². The van der Waals surface area contributed by atoms with Crippen molar-refractivity contribution in [3.63, 3.8) is 0 Å². The van der Waals surface area contributed by atoms with Crippen LogP contribution >= 0.6 is 0 Å². The molecule has 0 heterocycles. The highest BCUT2D eigenvalue weighted by Gasteiger charge is 2.15. The highest BCUT2D eigenvalue weighted by atomic mass is 15.2. The third-order valence-electron chi connectivity index (χ3n) is 1.79. The van der Waals surface area contributed by atoms with Gasteiger partial charge in [-0.25, -0.2) is 0 Å². The number of hydrogen-bond acceptors (Lipinski definition) is 1. The summed E-state index contributed by atoms with van der Waals surface area (Å²) in [6.07, 6.45) is 0. The molecule has 0 fully saturated rings. The van der Waals surface area contributed by atoms with Crippen LogP contribution in [0.1, 0.15) is 41.5 Å². The average molecular weight is 154 g/mol. The minimum atomic E-state index is 0. The lowest BCUT2D eigenvalue weighted by atomic mass is 10.2. The topological polar surface area (TPSA) is 3.24 Å². The largest absolute Gasteiger partial charge is 0.296 e. The van der Waals surface area contributed by atoms with Crippen molar-refractivity contribution in [2.45, 2.75) is 59.7 Å². The molecule has 3 radical (unpaired) electrons. The monoisotopic (exact) mass is 154 g/mol. The molecular formula is C9H21BN. The molecule has 2 heteroatoms. The first-order valence-electron chi connectivity index (χ1n) is 4.24. The Morgan fingerprint density at radius 2 is 0.818 bits per heavy atom. The highest BCUT2D eigenvalue weighted by Crippen LogP contribution is 2.08. The van der Waals surface area contributed by atoms with Crippen molar-refractivity contribution in [2.24, 2.45) is 0 Å². The maximum Gasteiger partial charge on any atom is 0.00439 e. The van der Waals surface area contributed by atoms with Crippen LogP contribution in [0.2, 0.25) is 0 Å². The standard InChI is InChI=1S/C9H21N.B/c1-7(2)10(8(3)4)9(5)6;/h7-9H,1-6H3;. The van der Waals surface area contributed by atoms with Crippen LogP contribution in [0, 0.1) is 0 Å². The summed E-state index contributed by atoms with van der Waals surface area (Å²) < 4.78 is 0. The molecule has 0 bridgehead atoms. The Balaban J connectivity index is 0. The summed E-state index contributed by atoms with van der Waals surface area (Å²) in [7, 11) is 0. The van der Waals surface area contributed by atoms with Crippen LogP contribution in [0.5, 0.6) is 0 Å². The zero-order chi connectivity index (χ0) is 8.31. The van der Waals surface area contributed by atoms with E-state index < -0.39 is 0 Å². The molecule has 0 atom stereocenters. The lowest BCUT2D eigenvalue weighted by molar-refractivity contribution is 0.133. The van der Waals surface area contributed by atoms with E-state index in [2.05, 4.69) is 46.4 Å². The first-order valence-corrected chi connectivity index (χ1v) is 4.24. The first kappa shape index (κ1) is 13.6. The van der Waals surface area contributed by atoms with Gasteiger partial charge in [0.15, 0.2) is 0 Å². The maximum atomic E-state index is 2.50. The van der Waals surface area contributed by atoms with Gasteiger partial charge in [-0.05, 0) is 41.5 Å². The fourth-order valence-corrected chi connectivity index (χ4v) is 1.79. The molecule has 0 unspecified atom stereocenters. The number of nitrogens with zero attached hydrogens (tertiary/aromatic N) is 1. The summed E-state index contributed by atoms with van der Waals surface area (Å²) in [5, 5.41) is 0. The predicted molar refractivity (Wildman–Crippen MR) is 53.0 cm³/mol. The zero-order valence-corrected chi connectivity index (χ0v) is 8.76. The van der Waals surface area contributed by atoms with Crippen LogP contribution < -0.4 is 0 Å². The van der Waals surface area contributed by atoms with Gasteiger partial charge in [-0.1, -0.05) is 0 Å². The fraction of sp³-hybridized carbons (Fsp3) is 1.00. The molecule has 0 aromatic heterocycles. The number of hydrogen-bond donors (Lipinski definition) is 0. The van der Waals surface area contributed by atoms with E-state index in [1.165, 1.54) is 0 Å². The number of rotatable bonds is 3. The van der Waals surface area contributed by atoms with E-state index in [4.69, 9.17) is 0 Å². The van der Waals surface area contributed by atoms with E-state index in [0.717, 1.165) is 0 Å². The van der Waals surface area contributed by atoms with Gasteiger partial charge < -0.3 is 0 Å². The Bertz CT molecular complexity index is 70.5. The molecule has 65 valence electrons. The van der Waals surface area contributed by atoms with Gasteiger partial charge >= 0.3 is 0 Å². The third-order valence-corrected chi connectivity index (χ3v) is 1.79. The average Bonchev–Trinajstić information content (AvgIpc) is 1.59. The van der Waals surface area contributed by atoms with Gasteiger partial charge in [0, 0.05) is 26.5 Å². The fourth-order valence-electron chi connectivity index (χ4n) is 1.79. The molecule has 0 aromatic rings. The molecule has 0 aliphatic heterocycles. The zero-order valence-electron chi connectivity index (χ0n) is 8.76. The van der Waals surface area contributed by atoms with Gasteiger partial charge in [0.05, 0.1) is 0 Å². The van der Waals surface area contributed by atoms with Crippen LogP contribution in [0.4, 0.5) is 0 Å². The van der Waals surface area contributed by atoms with E-state index >= 15 is 0 Å². The van der Waals surface area contributed by atoms with Crippen LogP contribution in [0.25, 0.3) is 0 Å². The Morgan fingerprint density at radius 1 is 0.636 bits per heavy atom. The highest BCUT2D eigenvalue weighted by molar-refractivity contribution is 5.75. The van der Waals surface area contributed by atoms with Gasteiger partial charge in [0.2, 0.25) is 0 Å². The smallest absolute Gasteiger partial charge is 0.00439 e. The molecule has 0 aliphatic carbocycles. The molecule has 0 N–H and O–H groups in total. The quantitative estimate of drug-likeness (QED) is 0.563. The Hall–Kier alpha value is 0.0249. The van der Waals surface area contributed by atoms with Crippen molar-refractivity contribution in [3.8, 4) is 0 Å². The van der Waals surface area contributed by atoms with Crippen molar-refractivity contribution in [1.29, 1.82) is 0 Å². The minimum absolute atomic E-state index is 0. The molecule has 1 nitrogen and oxygen atoms in total. The van der Waals surface area contributed by atoms with Gasteiger partial charge in [-0.3, -0.25) is 4.90 Å². The summed E-state index contributed by atoms with van der Waals surface area (Å²) in [6.45, 7) is 13.5. The van der Waals surface area contributed by atoms with Crippen molar-refractivity contribution in [3.05, 3.63) is 0 Å². The third kappa shape index (κ3) is 4.46. The van der Waals surface area contributed by atoms with E-state index in [1.54, 1.807) is 0 Å². The molecule has 0 rings (SSSR count). The van der Waals surface area contributed by atoms with Crippen LogP contribution in [0.15, 0.2) is 0 Å². The summed E-state index contributed by atoms with van der Waals surface area (Å²) in [4.78, 5) is 2.50. The molecule has 11 heavy (non-hydrogen) atoms. The summed E-state index contributed by atoms with van der Waals surface area (Å²) >= 11 is 0. The normalized spacial score (nSPS) is 11.5. The molecule has 0 saturated heterocycles. The second kappa shape index (κ2) is 5.65. The maximum absolute atomic E-state index is 2.50. The molecule has 0 aromatic carbocycles. The Kier molecular flexibility index (Phi) is 6.98. The van der Waals surface area contributed by atoms with E-state index in [-0.39, 0.29) is 8.41 Å². The molecular weight excluding hydrogens is 133 g/mol. The molecule has 0 amide bonds. The van der Waals surface area contributed by atoms with E-state index in [9.17, 15) is 0 Å². The molecule has 0 saturated carbocycles. The summed E-state index contributed by atoms with van der Waals surface area (Å²) in [5.41, 5.74) is 0. The first-order chi connectivity index (χ1) is 4.46. The van der Waals surface area contributed by atoms with Gasteiger partial charge in [0.25, 0.3) is 0 Å². The Morgan fingerprint density at radius 3 is 0.818 bits per heavy atom. The van der Waals surface area contributed by atoms with E-state index in [1.807, 2.05) is 0 Å². The van der Waals surface area contributed by atoms with Crippen molar-refractivity contribution in [2.75, 3.05) is 0 Å². The molecule has 0 aliphatic rings. The van der Waals surface area contributed by atoms with Crippen molar-refractivity contribution in [1.82, 2.24) is 4.90 Å².